The van der Waals surface area contributed by atoms with Crippen LogP contribution in [0.4, 0.5) is 0 Å². The molecule has 106 valence electrons. The van der Waals surface area contributed by atoms with Crippen molar-refractivity contribution in [1.29, 1.82) is 0 Å². The van der Waals surface area contributed by atoms with Crippen LogP contribution in [0.5, 0.6) is 5.75 Å². The summed E-state index contributed by atoms with van der Waals surface area (Å²) in [6.07, 6.45) is 5.58. The fourth-order valence-electron chi connectivity index (χ4n) is 2.04. The maximum atomic E-state index is 10.1. The molecule has 0 fully saturated rings. The van der Waals surface area contributed by atoms with Gasteiger partial charge in [0, 0.05) is 6.20 Å². The van der Waals surface area contributed by atoms with E-state index in [1.54, 1.807) is 6.20 Å². The number of hydrogen-bond donors (Lipinski definition) is 1. The molecule has 2 aromatic rings. The maximum Gasteiger partial charge on any atom is 0.137 e. The number of ether oxygens (including phenoxy) is 1. The Kier molecular flexibility index (Phi) is 5.56. The number of aromatic nitrogens is 1. The average molecular weight is 271 g/mol. The van der Waals surface area contributed by atoms with Gasteiger partial charge in [-0.15, -0.1) is 0 Å². The molecule has 1 N–H and O–H groups in total. The minimum absolute atomic E-state index is 0.434. The monoisotopic (exact) mass is 271 g/mol. The molecule has 3 nitrogen and oxygen atoms in total. The normalized spacial score (nSPS) is 12.1. The maximum absolute atomic E-state index is 10.1. The smallest absolute Gasteiger partial charge is 0.137 e. The van der Waals surface area contributed by atoms with Gasteiger partial charge in [0.2, 0.25) is 0 Å². The number of aliphatic hydroxyl groups excluding tert-OH is 1. The number of aliphatic hydroxyl groups is 1. The van der Waals surface area contributed by atoms with Crippen LogP contribution >= 0.6 is 0 Å². The van der Waals surface area contributed by atoms with Crippen molar-refractivity contribution in [3.05, 3.63) is 59.9 Å². The van der Waals surface area contributed by atoms with Crippen LogP contribution in [-0.2, 0) is 6.42 Å². The molecule has 1 heterocycles. The summed E-state index contributed by atoms with van der Waals surface area (Å²) in [7, 11) is 0. The first-order valence-corrected chi connectivity index (χ1v) is 7.09. The third-order valence-corrected chi connectivity index (χ3v) is 3.13. The standard InChI is InChI=1S/C17H21NO2/c1-2-10-20-16-11-14(12-18-13-16)8-9-17(19)15-6-4-3-5-7-15/h3-7,11-13,17,19H,2,8-10H2,1H3. The summed E-state index contributed by atoms with van der Waals surface area (Å²) >= 11 is 0. The minimum Gasteiger partial charge on any atom is -0.492 e. The van der Waals surface area contributed by atoms with E-state index in [0.717, 1.165) is 29.7 Å². The molecule has 2 rings (SSSR count). The van der Waals surface area contributed by atoms with Crippen molar-refractivity contribution >= 4 is 0 Å². The largest absolute Gasteiger partial charge is 0.492 e. The first kappa shape index (κ1) is 14.5. The summed E-state index contributed by atoms with van der Waals surface area (Å²) in [5, 5.41) is 10.1. The molecule has 1 aromatic heterocycles. The van der Waals surface area contributed by atoms with E-state index in [0.29, 0.717) is 13.0 Å². The Labute approximate surface area is 120 Å². The van der Waals surface area contributed by atoms with Crippen molar-refractivity contribution in [3.8, 4) is 5.75 Å². The molecule has 0 aliphatic heterocycles. The molecule has 0 aliphatic carbocycles. The number of aryl methyl sites for hydroxylation is 1. The summed E-state index contributed by atoms with van der Waals surface area (Å²) in [5.74, 6) is 0.804. The number of hydrogen-bond acceptors (Lipinski definition) is 3. The van der Waals surface area contributed by atoms with E-state index in [1.165, 1.54) is 0 Å². The van der Waals surface area contributed by atoms with Crippen molar-refractivity contribution in [1.82, 2.24) is 4.98 Å². The number of pyridine rings is 1. The molecule has 1 atom stereocenters. The lowest BCUT2D eigenvalue weighted by Gasteiger charge is -2.11. The van der Waals surface area contributed by atoms with Gasteiger partial charge >= 0.3 is 0 Å². The van der Waals surface area contributed by atoms with Crippen LogP contribution in [0.3, 0.4) is 0 Å². The molecular formula is C17H21NO2. The highest BCUT2D eigenvalue weighted by molar-refractivity contribution is 5.24. The van der Waals surface area contributed by atoms with Gasteiger partial charge in [0.25, 0.3) is 0 Å². The van der Waals surface area contributed by atoms with Gasteiger partial charge in [-0.25, -0.2) is 0 Å². The van der Waals surface area contributed by atoms with Crippen LogP contribution in [0.1, 0.15) is 37.0 Å². The summed E-state index contributed by atoms with van der Waals surface area (Å²) < 4.78 is 5.56. The third kappa shape index (κ3) is 4.35. The molecule has 0 spiro atoms. The molecule has 20 heavy (non-hydrogen) atoms. The molecule has 0 bridgehead atoms. The van der Waals surface area contributed by atoms with Crippen LogP contribution in [0.2, 0.25) is 0 Å². The van der Waals surface area contributed by atoms with E-state index in [2.05, 4.69) is 11.9 Å². The molecular weight excluding hydrogens is 250 g/mol. The Morgan fingerprint density at radius 1 is 1.20 bits per heavy atom. The van der Waals surface area contributed by atoms with Gasteiger partial charge in [0.15, 0.2) is 0 Å². The van der Waals surface area contributed by atoms with E-state index in [9.17, 15) is 5.11 Å². The predicted octanol–water partition coefficient (Wildman–Crippen LogP) is 3.54. The van der Waals surface area contributed by atoms with E-state index in [-0.39, 0.29) is 0 Å². The van der Waals surface area contributed by atoms with Crippen molar-refractivity contribution in [2.24, 2.45) is 0 Å². The molecule has 0 saturated carbocycles. The lowest BCUT2D eigenvalue weighted by atomic mass is 10.0. The van der Waals surface area contributed by atoms with E-state index in [1.807, 2.05) is 42.6 Å². The highest BCUT2D eigenvalue weighted by Crippen LogP contribution is 2.20. The lowest BCUT2D eigenvalue weighted by molar-refractivity contribution is 0.168. The molecule has 0 saturated heterocycles. The summed E-state index contributed by atoms with van der Waals surface area (Å²) in [6, 6.07) is 11.7. The molecule has 1 aromatic carbocycles. The topological polar surface area (TPSA) is 42.4 Å². The van der Waals surface area contributed by atoms with Gasteiger partial charge < -0.3 is 9.84 Å². The van der Waals surface area contributed by atoms with Gasteiger partial charge in [-0.3, -0.25) is 4.98 Å². The zero-order chi connectivity index (χ0) is 14.2. The third-order valence-electron chi connectivity index (χ3n) is 3.13. The van der Waals surface area contributed by atoms with Crippen LogP contribution in [0.25, 0.3) is 0 Å². The van der Waals surface area contributed by atoms with Gasteiger partial charge in [-0.05, 0) is 36.5 Å². The first-order valence-electron chi connectivity index (χ1n) is 7.09. The second-order valence-corrected chi connectivity index (χ2v) is 4.84. The minimum atomic E-state index is -0.434. The summed E-state index contributed by atoms with van der Waals surface area (Å²) in [4.78, 5) is 4.18. The van der Waals surface area contributed by atoms with E-state index >= 15 is 0 Å². The second kappa shape index (κ2) is 7.65. The molecule has 0 aliphatic rings. The van der Waals surface area contributed by atoms with E-state index < -0.39 is 6.10 Å². The average Bonchev–Trinajstić information content (AvgIpc) is 2.52. The Bertz CT molecular complexity index is 513. The van der Waals surface area contributed by atoms with Crippen molar-refractivity contribution in [2.75, 3.05) is 6.61 Å². The zero-order valence-corrected chi connectivity index (χ0v) is 11.8. The van der Waals surface area contributed by atoms with Gasteiger partial charge in [-0.1, -0.05) is 37.3 Å². The highest BCUT2D eigenvalue weighted by atomic mass is 16.5. The first-order chi connectivity index (χ1) is 9.79. The number of nitrogens with zero attached hydrogens (tertiary/aromatic N) is 1. The van der Waals surface area contributed by atoms with Crippen molar-refractivity contribution in [2.45, 2.75) is 32.3 Å². The van der Waals surface area contributed by atoms with Gasteiger partial charge in [-0.2, -0.15) is 0 Å². The Morgan fingerprint density at radius 2 is 2.00 bits per heavy atom. The predicted molar refractivity (Wildman–Crippen MR) is 79.7 cm³/mol. The van der Waals surface area contributed by atoms with Gasteiger partial charge in [0.05, 0.1) is 18.9 Å². The van der Waals surface area contributed by atoms with Crippen LogP contribution in [0.15, 0.2) is 48.8 Å². The Hall–Kier alpha value is -1.87. The fourth-order valence-corrected chi connectivity index (χ4v) is 2.04. The van der Waals surface area contributed by atoms with E-state index in [4.69, 9.17) is 4.74 Å². The number of rotatable bonds is 7. The van der Waals surface area contributed by atoms with Crippen LogP contribution in [0, 0.1) is 0 Å². The quantitative estimate of drug-likeness (QED) is 0.837. The molecule has 0 radical (unpaired) electrons. The molecule has 1 unspecified atom stereocenters. The summed E-state index contributed by atoms with van der Waals surface area (Å²) in [5.41, 5.74) is 2.05. The molecule has 3 heteroatoms. The van der Waals surface area contributed by atoms with Crippen LogP contribution in [-0.4, -0.2) is 16.7 Å². The number of benzene rings is 1. The fraction of sp³-hybridized carbons (Fsp3) is 0.353. The van der Waals surface area contributed by atoms with Gasteiger partial charge in [0.1, 0.15) is 5.75 Å². The van der Waals surface area contributed by atoms with Crippen LogP contribution < -0.4 is 4.74 Å². The lowest BCUT2D eigenvalue weighted by Crippen LogP contribution is -2.01. The Balaban J connectivity index is 1.90. The Morgan fingerprint density at radius 3 is 2.75 bits per heavy atom. The van der Waals surface area contributed by atoms with Crippen molar-refractivity contribution in [3.63, 3.8) is 0 Å². The van der Waals surface area contributed by atoms with Crippen molar-refractivity contribution < 1.29 is 9.84 Å². The highest BCUT2D eigenvalue weighted by Gasteiger charge is 2.07. The zero-order valence-electron chi connectivity index (χ0n) is 11.8. The second-order valence-electron chi connectivity index (χ2n) is 4.84. The molecule has 0 amide bonds. The SMILES string of the molecule is CCCOc1cncc(CCC(O)c2ccccc2)c1. The summed E-state index contributed by atoms with van der Waals surface area (Å²) in [6.45, 7) is 2.78.